The molecule has 15 heavy (non-hydrogen) atoms. The SMILES string of the molecule is Cc1ccc(C2(C(=O)O)CCC2)cc1O. The van der Waals surface area contributed by atoms with Crippen LogP contribution < -0.4 is 0 Å². The van der Waals surface area contributed by atoms with Gasteiger partial charge in [-0.1, -0.05) is 18.6 Å². The molecule has 0 spiro atoms. The number of rotatable bonds is 2. The summed E-state index contributed by atoms with van der Waals surface area (Å²) < 4.78 is 0. The van der Waals surface area contributed by atoms with Crippen LogP contribution in [0.1, 0.15) is 30.4 Å². The van der Waals surface area contributed by atoms with Gasteiger partial charge in [0, 0.05) is 0 Å². The summed E-state index contributed by atoms with van der Waals surface area (Å²) in [5.41, 5.74) is 0.758. The summed E-state index contributed by atoms with van der Waals surface area (Å²) in [5, 5.41) is 18.8. The van der Waals surface area contributed by atoms with Gasteiger partial charge in [-0.3, -0.25) is 4.79 Å². The smallest absolute Gasteiger partial charge is 0.314 e. The Kier molecular flexibility index (Phi) is 2.18. The fraction of sp³-hybridized carbons (Fsp3) is 0.417. The maximum absolute atomic E-state index is 11.2. The Bertz CT molecular complexity index is 405. The molecule has 0 bridgehead atoms. The Labute approximate surface area is 88.4 Å². The van der Waals surface area contributed by atoms with Gasteiger partial charge in [-0.25, -0.2) is 0 Å². The molecule has 80 valence electrons. The molecule has 1 aromatic rings. The molecular formula is C12H14O3. The Morgan fingerprint density at radius 1 is 1.40 bits per heavy atom. The summed E-state index contributed by atoms with van der Waals surface area (Å²) in [6.45, 7) is 1.80. The molecule has 2 N–H and O–H groups in total. The van der Waals surface area contributed by atoms with Crippen LogP contribution in [0.25, 0.3) is 0 Å². The third-order valence-corrected chi connectivity index (χ3v) is 3.38. The second-order valence-electron chi connectivity index (χ2n) is 4.24. The van der Waals surface area contributed by atoms with Gasteiger partial charge in [0.25, 0.3) is 0 Å². The quantitative estimate of drug-likeness (QED) is 0.780. The Balaban J connectivity index is 2.44. The van der Waals surface area contributed by atoms with E-state index >= 15 is 0 Å². The number of benzene rings is 1. The molecule has 0 aromatic heterocycles. The van der Waals surface area contributed by atoms with Gasteiger partial charge in [-0.05, 0) is 37.0 Å². The van der Waals surface area contributed by atoms with E-state index in [2.05, 4.69) is 0 Å². The zero-order valence-corrected chi connectivity index (χ0v) is 8.66. The number of carboxylic acid groups (broad SMARTS) is 1. The van der Waals surface area contributed by atoms with E-state index in [1.165, 1.54) is 0 Å². The van der Waals surface area contributed by atoms with E-state index in [0.717, 1.165) is 17.5 Å². The molecule has 0 heterocycles. The van der Waals surface area contributed by atoms with Gasteiger partial charge in [-0.15, -0.1) is 0 Å². The highest BCUT2D eigenvalue weighted by molar-refractivity contribution is 5.82. The van der Waals surface area contributed by atoms with Crippen molar-refractivity contribution >= 4 is 5.97 Å². The highest BCUT2D eigenvalue weighted by atomic mass is 16.4. The first kappa shape index (κ1) is 10.0. The minimum Gasteiger partial charge on any atom is -0.508 e. The van der Waals surface area contributed by atoms with Crippen LogP contribution in [0.5, 0.6) is 5.75 Å². The summed E-state index contributed by atoms with van der Waals surface area (Å²) >= 11 is 0. The molecule has 0 atom stereocenters. The number of carboxylic acids is 1. The second kappa shape index (κ2) is 3.26. The van der Waals surface area contributed by atoms with Gasteiger partial charge in [0.05, 0.1) is 5.41 Å². The first-order valence-corrected chi connectivity index (χ1v) is 5.10. The fourth-order valence-electron chi connectivity index (χ4n) is 2.06. The number of aromatic hydroxyl groups is 1. The van der Waals surface area contributed by atoms with Crippen molar-refractivity contribution in [1.82, 2.24) is 0 Å². The highest BCUT2D eigenvalue weighted by Gasteiger charge is 2.46. The lowest BCUT2D eigenvalue weighted by Crippen LogP contribution is -2.42. The van der Waals surface area contributed by atoms with Crippen LogP contribution in [0.15, 0.2) is 18.2 Å². The summed E-state index contributed by atoms with van der Waals surface area (Å²) in [7, 11) is 0. The Morgan fingerprint density at radius 3 is 2.47 bits per heavy atom. The number of hydrogen-bond donors (Lipinski definition) is 2. The maximum atomic E-state index is 11.2. The molecule has 1 saturated carbocycles. The molecule has 0 amide bonds. The maximum Gasteiger partial charge on any atom is 0.314 e. The summed E-state index contributed by atoms with van der Waals surface area (Å²) in [4.78, 5) is 11.2. The lowest BCUT2D eigenvalue weighted by molar-refractivity contribution is -0.147. The molecule has 2 rings (SSSR count). The molecule has 0 saturated heterocycles. The minimum atomic E-state index is -0.781. The van der Waals surface area contributed by atoms with Gasteiger partial charge < -0.3 is 10.2 Å². The number of phenolic OH excluding ortho intramolecular Hbond substituents is 1. The number of carbonyl (C=O) groups is 1. The van der Waals surface area contributed by atoms with Crippen LogP contribution in [0.3, 0.4) is 0 Å². The summed E-state index contributed by atoms with van der Waals surface area (Å²) in [6, 6.07) is 5.17. The van der Waals surface area contributed by atoms with Gasteiger partial charge in [-0.2, -0.15) is 0 Å². The van der Waals surface area contributed by atoms with Crippen molar-refractivity contribution in [3.8, 4) is 5.75 Å². The predicted molar refractivity (Wildman–Crippen MR) is 56.0 cm³/mol. The highest BCUT2D eigenvalue weighted by Crippen LogP contribution is 2.44. The molecule has 0 aliphatic heterocycles. The number of phenols is 1. The van der Waals surface area contributed by atoms with Crippen LogP contribution in [0.2, 0.25) is 0 Å². The van der Waals surface area contributed by atoms with E-state index in [4.69, 9.17) is 0 Å². The zero-order valence-electron chi connectivity index (χ0n) is 8.66. The molecule has 1 aliphatic rings. The molecule has 1 aromatic carbocycles. The van der Waals surface area contributed by atoms with Crippen molar-refractivity contribution in [2.24, 2.45) is 0 Å². The Hall–Kier alpha value is -1.51. The van der Waals surface area contributed by atoms with E-state index in [9.17, 15) is 15.0 Å². The fourth-order valence-corrected chi connectivity index (χ4v) is 2.06. The van der Waals surface area contributed by atoms with Crippen LogP contribution in [-0.2, 0) is 10.2 Å². The van der Waals surface area contributed by atoms with Gasteiger partial charge in [0.15, 0.2) is 0 Å². The zero-order chi connectivity index (χ0) is 11.1. The van der Waals surface area contributed by atoms with E-state index in [0.29, 0.717) is 12.8 Å². The number of aryl methyl sites for hydroxylation is 1. The van der Waals surface area contributed by atoms with Gasteiger partial charge in [0.1, 0.15) is 5.75 Å². The molecule has 0 radical (unpaired) electrons. The van der Waals surface area contributed by atoms with Gasteiger partial charge in [0.2, 0.25) is 0 Å². The summed E-state index contributed by atoms with van der Waals surface area (Å²) in [5.74, 6) is -0.600. The molecule has 0 unspecified atom stereocenters. The van der Waals surface area contributed by atoms with Crippen molar-refractivity contribution < 1.29 is 15.0 Å². The average molecular weight is 206 g/mol. The van der Waals surface area contributed by atoms with Crippen LogP contribution >= 0.6 is 0 Å². The van der Waals surface area contributed by atoms with Crippen LogP contribution in [0, 0.1) is 6.92 Å². The Morgan fingerprint density at radius 2 is 2.07 bits per heavy atom. The first-order valence-electron chi connectivity index (χ1n) is 5.10. The third kappa shape index (κ3) is 1.39. The lowest BCUT2D eigenvalue weighted by Gasteiger charge is -2.38. The minimum absolute atomic E-state index is 0.181. The van der Waals surface area contributed by atoms with Crippen molar-refractivity contribution in [1.29, 1.82) is 0 Å². The molecular weight excluding hydrogens is 192 g/mol. The van der Waals surface area contributed by atoms with E-state index in [1.807, 2.05) is 6.07 Å². The molecule has 1 aliphatic carbocycles. The summed E-state index contributed by atoms with van der Waals surface area (Å²) in [6.07, 6.45) is 2.29. The standard InChI is InChI=1S/C12H14O3/c1-8-3-4-9(7-10(8)13)12(11(14)15)5-2-6-12/h3-4,7,13H,2,5-6H2,1H3,(H,14,15). The van der Waals surface area contributed by atoms with Gasteiger partial charge >= 0.3 is 5.97 Å². The van der Waals surface area contributed by atoms with Crippen LogP contribution in [-0.4, -0.2) is 16.2 Å². The first-order chi connectivity index (χ1) is 7.06. The predicted octanol–water partition coefficient (Wildman–Crippen LogP) is 2.21. The lowest BCUT2D eigenvalue weighted by atomic mass is 9.64. The van der Waals surface area contributed by atoms with E-state index in [-0.39, 0.29) is 5.75 Å². The number of aliphatic carboxylic acids is 1. The van der Waals surface area contributed by atoms with E-state index < -0.39 is 11.4 Å². The average Bonchev–Trinajstić information content (AvgIpc) is 2.08. The topological polar surface area (TPSA) is 57.5 Å². The largest absolute Gasteiger partial charge is 0.508 e. The molecule has 1 fully saturated rings. The van der Waals surface area contributed by atoms with Crippen LogP contribution in [0.4, 0.5) is 0 Å². The van der Waals surface area contributed by atoms with Crippen molar-refractivity contribution in [3.63, 3.8) is 0 Å². The third-order valence-electron chi connectivity index (χ3n) is 3.38. The second-order valence-corrected chi connectivity index (χ2v) is 4.24. The number of hydrogen-bond acceptors (Lipinski definition) is 2. The van der Waals surface area contributed by atoms with E-state index in [1.54, 1.807) is 19.1 Å². The normalized spacial score (nSPS) is 18.2. The molecule has 3 nitrogen and oxygen atoms in total. The van der Waals surface area contributed by atoms with Crippen molar-refractivity contribution in [3.05, 3.63) is 29.3 Å². The van der Waals surface area contributed by atoms with Crippen molar-refractivity contribution in [2.45, 2.75) is 31.6 Å². The monoisotopic (exact) mass is 206 g/mol. The molecule has 3 heteroatoms. The van der Waals surface area contributed by atoms with Crippen molar-refractivity contribution in [2.75, 3.05) is 0 Å².